The summed E-state index contributed by atoms with van der Waals surface area (Å²) in [5, 5.41) is 20.2. The van der Waals surface area contributed by atoms with Crippen molar-refractivity contribution in [3.63, 3.8) is 0 Å². The lowest BCUT2D eigenvalue weighted by Crippen LogP contribution is -2.20. The van der Waals surface area contributed by atoms with Crippen LogP contribution in [0.1, 0.15) is 5.56 Å². The van der Waals surface area contributed by atoms with Crippen LogP contribution < -0.4 is 11.0 Å². The molecule has 2 aromatic carbocycles. The molecular weight excluding hydrogens is 418 g/mol. The van der Waals surface area contributed by atoms with Gasteiger partial charge in [0.05, 0.1) is 21.4 Å². The van der Waals surface area contributed by atoms with Crippen molar-refractivity contribution in [1.82, 2.24) is 14.8 Å². The van der Waals surface area contributed by atoms with Gasteiger partial charge in [-0.1, -0.05) is 53.7 Å². The highest BCUT2D eigenvalue weighted by molar-refractivity contribution is 7.99. The normalized spacial score (nSPS) is 10.7. The first-order valence-corrected chi connectivity index (χ1v) is 9.86. The van der Waals surface area contributed by atoms with Crippen LogP contribution in [0.2, 0.25) is 5.02 Å². The molecule has 29 heavy (non-hydrogen) atoms. The van der Waals surface area contributed by atoms with Gasteiger partial charge in [-0.05, 0) is 18.1 Å². The molecule has 0 aliphatic heterocycles. The number of carbonyl (C=O) groups excluding carboxylic acids is 1. The van der Waals surface area contributed by atoms with Gasteiger partial charge in [0, 0.05) is 18.7 Å². The monoisotopic (exact) mass is 433 g/mol. The molecule has 2 N–H and O–H groups in total. The van der Waals surface area contributed by atoms with E-state index in [9.17, 15) is 19.7 Å². The topological polar surface area (TPSA) is 123 Å². The highest BCUT2D eigenvalue weighted by atomic mass is 35.5. The molecule has 0 saturated carbocycles. The van der Waals surface area contributed by atoms with Gasteiger partial charge >= 0.3 is 5.69 Å². The third-order valence-corrected chi connectivity index (χ3v) is 5.25. The molecule has 0 fully saturated rings. The molecule has 0 bridgehead atoms. The molecule has 11 heteroatoms. The second kappa shape index (κ2) is 9.39. The molecule has 3 aromatic rings. The molecule has 9 nitrogen and oxygen atoms in total. The van der Waals surface area contributed by atoms with Crippen LogP contribution in [0.15, 0.2) is 58.5 Å². The largest absolute Gasteiger partial charge is 0.343 e. The summed E-state index contributed by atoms with van der Waals surface area (Å²) in [6.07, 6.45) is 0.651. The summed E-state index contributed by atoms with van der Waals surface area (Å²) in [7, 11) is 0. The number of hydrogen-bond donors (Lipinski definition) is 2. The van der Waals surface area contributed by atoms with Gasteiger partial charge in [0.1, 0.15) is 0 Å². The molecular formula is C18H16ClN5O4S. The lowest BCUT2D eigenvalue weighted by molar-refractivity contribution is -0.384. The second-order valence-corrected chi connectivity index (χ2v) is 7.31. The Morgan fingerprint density at radius 3 is 2.72 bits per heavy atom. The number of H-pyrrole nitrogens is 1. The van der Waals surface area contributed by atoms with E-state index in [2.05, 4.69) is 15.5 Å². The van der Waals surface area contributed by atoms with E-state index < -0.39 is 4.92 Å². The number of nitrogens with zero attached hydrogens (tertiary/aromatic N) is 3. The molecule has 0 atom stereocenters. The minimum absolute atomic E-state index is 0.0110. The quantitative estimate of drug-likeness (QED) is 0.319. The second-order valence-electron chi connectivity index (χ2n) is 5.96. The van der Waals surface area contributed by atoms with Crippen molar-refractivity contribution in [1.29, 1.82) is 0 Å². The average molecular weight is 434 g/mol. The maximum atomic E-state index is 12.2. The number of non-ortho nitro benzene ring substituents is 1. The summed E-state index contributed by atoms with van der Waals surface area (Å²) < 4.78 is 1.48. The number of benzene rings is 2. The zero-order valence-corrected chi connectivity index (χ0v) is 16.6. The Bertz CT molecular complexity index is 1080. The number of carbonyl (C=O) groups is 1. The van der Waals surface area contributed by atoms with E-state index in [4.69, 9.17) is 11.6 Å². The first kappa shape index (κ1) is 20.6. The fourth-order valence-corrected chi connectivity index (χ4v) is 3.53. The zero-order valence-electron chi connectivity index (χ0n) is 15.0. The predicted octanol–water partition coefficient (Wildman–Crippen LogP) is 3.11. The van der Waals surface area contributed by atoms with Crippen molar-refractivity contribution in [3.05, 3.63) is 79.7 Å². The van der Waals surface area contributed by atoms with Gasteiger partial charge in [-0.15, -0.1) is 5.10 Å². The Hall–Kier alpha value is -3.11. The average Bonchev–Trinajstić information content (AvgIpc) is 3.06. The van der Waals surface area contributed by atoms with Gasteiger partial charge in [0.15, 0.2) is 5.16 Å². The number of aromatic amines is 1. The molecule has 0 spiro atoms. The van der Waals surface area contributed by atoms with Gasteiger partial charge in [-0.3, -0.25) is 19.5 Å². The number of aromatic nitrogens is 3. The van der Waals surface area contributed by atoms with E-state index in [1.54, 1.807) is 0 Å². The van der Waals surface area contributed by atoms with E-state index in [-0.39, 0.29) is 33.7 Å². The Labute approximate surface area is 174 Å². The lowest BCUT2D eigenvalue weighted by Gasteiger charge is -2.08. The van der Waals surface area contributed by atoms with Crippen molar-refractivity contribution in [2.24, 2.45) is 0 Å². The maximum absolute atomic E-state index is 12.2. The highest BCUT2D eigenvalue weighted by Gasteiger charge is 2.14. The number of aryl methyl sites for hydroxylation is 1. The molecule has 0 aliphatic carbocycles. The standard InChI is InChI=1S/C18H16ClN5O4S/c19-14-10-13(24(27)28)6-7-15(14)20-16(25)11-29-18-22-21-17(26)23(18)9-8-12-4-2-1-3-5-12/h1-7,10H,8-9,11H2,(H,20,25)(H,21,26). The maximum Gasteiger partial charge on any atom is 0.343 e. The number of amides is 1. The smallest absolute Gasteiger partial charge is 0.324 e. The molecule has 0 aliphatic rings. The Balaban J connectivity index is 1.59. The third-order valence-electron chi connectivity index (χ3n) is 3.96. The summed E-state index contributed by atoms with van der Waals surface area (Å²) in [5.74, 6) is -0.390. The Kier molecular flexibility index (Phi) is 6.68. The Morgan fingerprint density at radius 2 is 2.03 bits per heavy atom. The fraction of sp³-hybridized carbons (Fsp3) is 0.167. The molecule has 3 rings (SSSR count). The molecule has 1 heterocycles. The molecule has 1 aromatic heterocycles. The van der Waals surface area contributed by atoms with Crippen LogP contribution in [-0.2, 0) is 17.8 Å². The zero-order chi connectivity index (χ0) is 20.8. The molecule has 0 unspecified atom stereocenters. The van der Waals surface area contributed by atoms with Crippen molar-refractivity contribution in [2.45, 2.75) is 18.1 Å². The van der Waals surface area contributed by atoms with Crippen LogP contribution in [-0.4, -0.2) is 31.3 Å². The number of nitrogens with one attached hydrogen (secondary N) is 2. The molecule has 150 valence electrons. The number of rotatable bonds is 8. The summed E-state index contributed by atoms with van der Waals surface area (Å²) in [5.41, 5.74) is 0.844. The SMILES string of the molecule is O=C(CSc1n[nH]c(=O)n1CCc1ccccc1)Nc1ccc([N+](=O)[O-])cc1Cl. The van der Waals surface area contributed by atoms with Crippen LogP contribution >= 0.6 is 23.4 Å². The number of nitro benzene ring substituents is 1. The Morgan fingerprint density at radius 1 is 1.28 bits per heavy atom. The number of hydrogen-bond acceptors (Lipinski definition) is 6. The molecule has 0 radical (unpaired) electrons. The summed E-state index contributed by atoms with van der Waals surface area (Å²) in [4.78, 5) is 34.4. The predicted molar refractivity (Wildman–Crippen MR) is 110 cm³/mol. The van der Waals surface area contributed by atoms with E-state index in [1.165, 1.54) is 22.8 Å². The first-order chi connectivity index (χ1) is 13.9. The third kappa shape index (κ3) is 5.46. The van der Waals surface area contributed by atoms with E-state index >= 15 is 0 Å². The van der Waals surface area contributed by atoms with E-state index in [0.29, 0.717) is 18.1 Å². The van der Waals surface area contributed by atoms with Crippen LogP contribution in [0.3, 0.4) is 0 Å². The van der Waals surface area contributed by atoms with Crippen molar-refractivity contribution < 1.29 is 9.72 Å². The summed E-state index contributed by atoms with van der Waals surface area (Å²) in [6.45, 7) is 0.428. The van der Waals surface area contributed by atoms with Crippen molar-refractivity contribution >= 4 is 40.6 Å². The first-order valence-electron chi connectivity index (χ1n) is 8.50. The van der Waals surface area contributed by atoms with Crippen LogP contribution in [0.25, 0.3) is 0 Å². The molecule has 0 saturated heterocycles. The number of anilines is 1. The van der Waals surface area contributed by atoms with Crippen molar-refractivity contribution in [2.75, 3.05) is 11.1 Å². The lowest BCUT2D eigenvalue weighted by atomic mass is 10.1. The summed E-state index contributed by atoms with van der Waals surface area (Å²) in [6, 6.07) is 13.5. The van der Waals surface area contributed by atoms with Gasteiger partial charge < -0.3 is 5.32 Å². The van der Waals surface area contributed by atoms with Crippen molar-refractivity contribution in [3.8, 4) is 0 Å². The number of thioether (sulfide) groups is 1. The number of halogens is 1. The highest BCUT2D eigenvalue weighted by Crippen LogP contribution is 2.27. The van der Waals surface area contributed by atoms with Crippen LogP contribution in [0.5, 0.6) is 0 Å². The molecule has 1 amide bonds. The van der Waals surface area contributed by atoms with Crippen LogP contribution in [0, 0.1) is 10.1 Å². The van der Waals surface area contributed by atoms with Gasteiger partial charge in [-0.25, -0.2) is 9.89 Å². The van der Waals surface area contributed by atoms with E-state index in [0.717, 1.165) is 17.3 Å². The van der Waals surface area contributed by atoms with Crippen LogP contribution in [0.4, 0.5) is 11.4 Å². The van der Waals surface area contributed by atoms with Gasteiger partial charge in [0.2, 0.25) is 5.91 Å². The van der Waals surface area contributed by atoms with Gasteiger partial charge in [0.25, 0.3) is 5.69 Å². The minimum atomic E-state index is -0.570. The summed E-state index contributed by atoms with van der Waals surface area (Å²) >= 11 is 7.08. The number of nitro groups is 1. The fourth-order valence-electron chi connectivity index (χ4n) is 2.53. The van der Waals surface area contributed by atoms with E-state index in [1.807, 2.05) is 30.3 Å². The minimum Gasteiger partial charge on any atom is -0.324 e. The van der Waals surface area contributed by atoms with Gasteiger partial charge in [-0.2, -0.15) is 0 Å².